The Morgan fingerprint density at radius 1 is 1.53 bits per heavy atom. The lowest BCUT2D eigenvalue weighted by Crippen LogP contribution is -2.46. The van der Waals surface area contributed by atoms with Gasteiger partial charge in [0.25, 0.3) is 5.69 Å². The van der Waals surface area contributed by atoms with E-state index in [-0.39, 0.29) is 17.4 Å². The van der Waals surface area contributed by atoms with Crippen LogP contribution in [0.25, 0.3) is 0 Å². The Morgan fingerprint density at radius 2 is 2.26 bits per heavy atom. The summed E-state index contributed by atoms with van der Waals surface area (Å²) in [5, 5.41) is 10.7. The van der Waals surface area contributed by atoms with Gasteiger partial charge in [0.1, 0.15) is 5.69 Å². The van der Waals surface area contributed by atoms with Gasteiger partial charge in [0.2, 0.25) is 0 Å². The third-order valence-electron chi connectivity index (χ3n) is 3.89. The maximum Gasteiger partial charge on any atom is 0.292 e. The number of rotatable bonds is 3. The Morgan fingerprint density at radius 3 is 2.84 bits per heavy atom. The summed E-state index contributed by atoms with van der Waals surface area (Å²) in [6, 6.07) is 5.16. The normalized spacial score (nSPS) is 23.4. The van der Waals surface area contributed by atoms with Crippen molar-refractivity contribution in [3.05, 3.63) is 28.3 Å². The fraction of sp³-hybridized carbons (Fsp3) is 0.538. The topological polar surface area (TPSA) is 98.4 Å². The zero-order valence-corrected chi connectivity index (χ0v) is 11.1. The number of nitrogens with zero attached hydrogens (tertiary/aromatic N) is 2. The Bertz CT molecular complexity index is 478. The van der Waals surface area contributed by atoms with Crippen LogP contribution in [0.15, 0.2) is 18.2 Å². The molecule has 1 aromatic carbocycles. The first kappa shape index (κ1) is 13.6. The molecule has 2 rings (SSSR count). The Balaban J connectivity index is 2.18. The molecule has 6 heteroatoms. The van der Waals surface area contributed by atoms with Crippen LogP contribution in [-0.4, -0.2) is 24.1 Å². The van der Waals surface area contributed by atoms with Crippen LogP contribution in [-0.2, 0) is 0 Å². The van der Waals surface area contributed by atoms with Crippen LogP contribution in [0.2, 0.25) is 0 Å². The van der Waals surface area contributed by atoms with Gasteiger partial charge in [-0.2, -0.15) is 0 Å². The van der Waals surface area contributed by atoms with Gasteiger partial charge in [-0.25, -0.2) is 0 Å². The Labute approximate surface area is 112 Å². The average Bonchev–Trinajstić information content (AvgIpc) is 2.38. The maximum atomic E-state index is 10.7. The van der Waals surface area contributed by atoms with Gasteiger partial charge in [0.05, 0.1) is 4.92 Å². The number of benzene rings is 1. The second-order valence-corrected chi connectivity index (χ2v) is 5.07. The molecule has 4 N–H and O–H groups in total. The van der Waals surface area contributed by atoms with Crippen molar-refractivity contribution in [2.45, 2.75) is 25.8 Å². The van der Waals surface area contributed by atoms with E-state index in [1.807, 2.05) is 0 Å². The molecule has 1 saturated heterocycles. The molecule has 1 aliphatic rings. The average molecular weight is 264 g/mol. The molecular weight excluding hydrogens is 244 g/mol. The van der Waals surface area contributed by atoms with Crippen LogP contribution in [0.1, 0.15) is 19.8 Å². The van der Waals surface area contributed by atoms with Crippen LogP contribution < -0.4 is 16.4 Å². The van der Waals surface area contributed by atoms with Crippen LogP contribution in [0.4, 0.5) is 17.1 Å². The molecule has 0 spiro atoms. The standard InChI is InChI=1S/C13H20N4O2/c1-2-9-8-16(6-5-11(9)14)10-3-4-13(17(18)19)12(15)7-10/h3-4,7,9,11H,2,5-6,8,14-15H2,1H3. The predicted molar refractivity (Wildman–Crippen MR) is 76.1 cm³/mol. The molecule has 0 saturated carbocycles. The number of nitrogen functional groups attached to an aromatic ring is 1. The Hall–Kier alpha value is -1.82. The van der Waals surface area contributed by atoms with Gasteiger partial charge < -0.3 is 16.4 Å². The molecule has 0 radical (unpaired) electrons. The number of nitrogens with two attached hydrogens (primary N) is 2. The van der Waals surface area contributed by atoms with Crippen LogP contribution in [0.5, 0.6) is 0 Å². The first-order valence-electron chi connectivity index (χ1n) is 6.57. The molecule has 1 fully saturated rings. The van der Waals surface area contributed by atoms with E-state index in [1.54, 1.807) is 12.1 Å². The molecule has 1 heterocycles. The second-order valence-electron chi connectivity index (χ2n) is 5.07. The number of piperidine rings is 1. The summed E-state index contributed by atoms with van der Waals surface area (Å²) in [5.74, 6) is 0.463. The first-order valence-corrected chi connectivity index (χ1v) is 6.57. The van der Waals surface area contributed by atoms with Gasteiger partial charge in [0, 0.05) is 30.9 Å². The molecule has 0 aliphatic carbocycles. The third kappa shape index (κ3) is 2.78. The largest absolute Gasteiger partial charge is 0.393 e. The van der Waals surface area contributed by atoms with E-state index in [0.717, 1.165) is 31.6 Å². The number of anilines is 2. The van der Waals surface area contributed by atoms with E-state index in [4.69, 9.17) is 11.5 Å². The zero-order valence-electron chi connectivity index (χ0n) is 11.1. The summed E-state index contributed by atoms with van der Waals surface area (Å²) in [6.45, 7) is 3.89. The first-order chi connectivity index (χ1) is 9.02. The summed E-state index contributed by atoms with van der Waals surface area (Å²) >= 11 is 0. The highest BCUT2D eigenvalue weighted by Crippen LogP contribution is 2.30. The number of nitro benzene ring substituents is 1. The third-order valence-corrected chi connectivity index (χ3v) is 3.89. The van der Waals surface area contributed by atoms with E-state index in [0.29, 0.717) is 5.92 Å². The lowest BCUT2D eigenvalue weighted by atomic mass is 9.90. The number of hydrogen-bond donors (Lipinski definition) is 2. The van der Waals surface area contributed by atoms with E-state index in [2.05, 4.69) is 11.8 Å². The predicted octanol–water partition coefficient (Wildman–Crippen LogP) is 1.74. The molecule has 2 unspecified atom stereocenters. The minimum Gasteiger partial charge on any atom is -0.393 e. The molecule has 0 amide bonds. The lowest BCUT2D eigenvalue weighted by Gasteiger charge is -2.38. The van der Waals surface area contributed by atoms with Crippen molar-refractivity contribution in [1.29, 1.82) is 0 Å². The highest BCUT2D eigenvalue weighted by Gasteiger charge is 2.26. The molecule has 2 atom stereocenters. The quantitative estimate of drug-likeness (QED) is 0.492. The minimum absolute atomic E-state index is 0.0375. The number of nitro groups is 1. The monoisotopic (exact) mass is 264 g/mol. The van der Waals surface area contributed by atoms with E-state index < -0.39 is 4.92 Å². The molecule has 104 valence electrons. The Kier molecular flexibility index (Phi) is 3.90. The summed E-state index contributed by atoms with van der Waals surface area (Å²) < 4.78 is 0. The van der Waals surface area contributed by atoms with Gasteiger partial charge in [-0.05, 0) is 24.5 Å². The van der Waals surface area contributed by atoms with Gasteiger partial charge >= 0.3 is 0 Å². The molecular formula is C13H20N4O2. The minimum atomic E-state index is -0.458. The molecule has 0 bridgehead atoms. The fourth-order valence-electron chi connectivity index (χ4n) is 2.62. The molecule has 1 aromatic rings. The highest BCUT2D eigenvalue weighted by atomic mass is 16.6. The zero-order chi connectivity index (χ0) is 14.0. The fourth-order valence-corrected chi connectivity index (χ4v) is 2.62. The van der Waals surface area contributed by atoms with Crippen molar-refractivity contribution in [3.8, 4) is 0 Å². The summed E-state index contributed by atoms with van der Waals surface area (Å²) in [7, 11) is 0. The van der Waals surface area contributed by atoms with E-state index in [1.165, 1.54) is 6.07 Å². The van der Waals surface area contributed by atoms with Crippen molar-refractivity contribution < 1.29 is 4.92 Å². The molecule has 1 aliphatic heterocycles. The molecule has 0 aromatic heterocycles. The van der Waals surface area contributed by atoms with Gasteiger partial charge in [-0.3, -0.25) is 10.1 Å². The molecule has 6 nitrogen and oxygen atoms in total. The second kappa shape index (κ2) is 5.44. The van der Waals surface area contributed by atoms with Gasteiger partial charge in [-0.1, -0.05) is 13.3 Å². The number of hydrogen-bond acceptors (Lipinski definition) is 5. The molecule has 19 heavy (non-hydrogen) atoms. The highest BCUT2D eigenvalue weighted by molar-refractivity contribution is 5.66. The van der Waals surface area contributed by atoms with E-state index in [9.17, 15) is 10.1 Å². The van der Waals surface area contributed by atoms with Crippen molar-refractivity contribution in [2.24, 2.45) is 11.7 Å². The van der Waals surface area contributed by atoms with Crippen molar-refractivity contribution >= 4 is 17.1 Å². The summed E-state index contributed by atoms with van der Waals surface area (Å²) in [4.78, 5) is 12.5. The maximum absolute atomic E-state index is 10.7. The SMILES string of the molecule is CCC1CN(c2ccc([N+](=O)[O-])c(N)c2)CCC1N. The van der Waals surface area contributed by atoms with Crippen LogP contribution in [0.3, 0.4) is 0 Å². The van der Waals surface area contributed by atoms with E-state index >= 15 is 0 Å². The van der Waals surface area contributed by atoms with Crippen molar-refractivity contribution in [2.75, 3.05) is 23.7 Å². The van der Waals surface area contributed by atoms with Crippen LogP contribution >= 0.6 is 0 Å². The van der Waals surface area contributed by atoms with Crippen LogP contribution in [0, 0.1) is 16.0 Å². The van der Waals surface area contributed by atoms with Crippen molar-refractivity contribution in [3.63, 3.8) is 0 Å². The van der Waals surface area contributed by atoms with Gasteiger partial charge in [-0.15, -0.1) is 0 Å². The van der Waals surface area contributed by atoms with Gasteiger partial charge in [0.15, 0.2) is 0 Å². The van der Waals surface area contributed by atoms with Crippen molar-refractivity contribution in [1.82, 2.24) is 0 Å². The lowest BCUT2D eigenvalue weighted by molar-refractivity contribution is -0.383. The smallest absolute Gasteiger partial charge is 0.292 e. The summed E-state index contributed by atoms with van der Waals surface area (Å²) in [5.41, 5.74) is 12.9. The summed E-state index contributed by atoms with van der Waals surface area (Å²) in [6.07, 6.45) is 1.98.